The lowest BCUT2D eigenvalue weighted by Gasteiger charge is -2.17. The molecule has 0 saturated heterocycles. The van der Waals surface area contributed by atoms with Crippen LogP contribution in [0.5, 0.6) is 0 Å². The van der Waals surface area contributed by atoms with Crippen LogP contribution in [-0.2, 0) is 6.54 Å². The predicted octanol–water partition coefficient (Wildman–Crippen LogP) is 2.30. The van der Waals surface area contributed by atoms with E-state index in [9.17, 15) is 0 Å². The third-order valence-corrected chi connectivity index (χ3v) is 2.01. The van der Waals surface area contributed by atoms with Gasteiger partial charge in [0.15, 0.2) is 0 Å². The number of nitrogens with zero attached hydrogens (tertiary/aromatic N) is 2. The summed E-state index contributed by atoms with van der Waals surface area (Å²) >= 11 is 3.53. The van der Waals surface area contributed by atoms with E-state index >= 15 is 0 Å². The predicted molar refractivity (Wildman–Crippen MR) is 59.0 cm³/mol. The fourth-order valence-corrected chi connectivity index (χ4v) is 1.76. The molecule has 0 fully saturated rings. The number of pyridine rings is 1. The standard InChI is InChI=1S/C10H15BrN2/c1-9(11)7-13(2)8-10-5-3-4-6-12-10/h3-6,9H,7-8H2,1-2H3. The summed E-state index contributed by atoms with van der Waals surface area (Å²) in [5.41, 5.74) is 1.12. The summed E-state index contributed by atoms with van der Waals surface area (Å²) in [6, 6.07) is 6.01. The minimum Gasteiger partial charge on any atom is -0.299 e. The Morgan fingerprint density at radius 2 is 2.31 bits per heavy atom. The summed E-state index contributed by atoms with van der Waals surface area (Å²) in [7, 11) is 2.10. The minimum absolute atomic E-state index is 0.529. The van der Waals surface area contributed by atoms with Crippen LogP contribution in [0.2, 0.25) is 0 Å². The van der Waals surface area contributed by atoms with Gasteiger partial charge in [-0.25, -0.2) is 0 Å². The molecule has 0 aliphatic rings. The first kappa shape index (κ1) is 10.7. The van der Waals surface area contributed by atoms with E-state index in [1.165, 1.54) is 0 Å². The molecule has 1 aromatic rings. The Balaban J connectivity index is 2.41. The van der Waals surface area contributed by atoms with Crippen LogP contribution < -0.4 is 0 Å². The quantitative estimate of drug-likeness (QED) is 0.754. The van der Waals surface area contributed by atoms with E-state index in [0.29, 0.717) is 4.83 Å². The zero-order valence-corrected chi connectivity index (χ0v) is 9.66. The van der Waals surface area contributed by atoms with Crippen molar-refractivity contribution < 1.29 is 0 Å². The first-order chi connectivity index (χ1) is 6.18. The number of halogens is 1. The normalized spacial score (nSPS) is 13.2. The maximum Gasteiger partial charge on any atom is 0.0543 e. The number of aromatic nitrogens is 1. The molecule has 1 atom stereocenters. The fourth-order valence-electron chi connectivity index (χ4n) is 1.26. The number of alkyl halides is 1. The second kappa shape index (κ2) is 5.35. The van der Waals surface area contributed by atoms with Gasteiger partial charge in [-0.05, 0) is 19.2 Å². The second-order valence-corrected chi connectivity index (χ2v) is 4.86. The van der Waals surface area contributed by atoms with Gasteiger partial charge in [0.25, 0.3) is 0 Å². The molecule has 0 amide bonds. The lowest BCUT2D eigenvalue weighted by atomic mass is 10.3. The van der Waals surface area contributed by atoms with Gasteiger partial charge < -0.3 is 0 Å². The largest absolute Gasteiger partial charge is 0.299 e. The van der Waals surface area contributed by atoms with Crippen LogP contribution in [0, 0.1) is 0 Å². The summed E-state index contributed by atoms with van der Waals surface area (Å²) in [5.74, 6) is 0. The Morgan fingerprint density at radius 1 is 1.54 bits per heavy atom. The third kappa shape index (κ3) is 4.39. The van der Waals surface area contributed by atoms with Crippen LogP contribution in [-0.4, -0.2) is 28.3 Å². The van der Waals surface area contributed by atoms with Crippen LogP contribution in [0.15, 0.2) is 24.4 Å². The molecule has 13 heavy (non-hydrogen) atoms. The molecular formula is C10H15BrN2. The molecule has 0 spiro atoms. The number of hydrogen-bond donors (Lipinski definition) is 0. The van der Waals surface area contributed by atoms with Crippen molar-refractivity contribution in [1.82, 2.24) is 9.88 Å². The summed E-state index contributed by atoms with van der Waals surface area (Å²) in [5, 5.41) is 0. The van der Waals surface area contributed by atoms with Crippen molar-refractivity contribution >= 4 is 15.9 Å². The van der Waals surface area contributed by atoms with E-state index in [0.717, 1.165) is 18.8 Å². The molecule has 0 bridgehead atoms. The second-order valence-electron chi connectivity index (χ2n) is 3.30. The molecule has 3 heteroatoms. The Labute approximate surface area is 88.1 Å². The van der Waals surface area contributed by atoms with Gasteiger partial charge in [0.05, 0.1) is 5.69 Å². The molecular weight excluding hydrogens is 228 g/mol. The smallest absolute Gasteiger partial charge is 0.0543 e. The lowest BCUT2D eigenvalue weighted by molar-refractivity contribution is 0.329. The highest BCUT2D eigenvalue weighted by Gasteiger charge is 2.03. The van der Waals surface area contributed by atoms with Crippen molar-refractivity contribution in [2.45, 2.75) is 18.3 Å². The van der Waals surface area contributed by atoms with Crippen LogP contribution in [0.25, 0.3) is 0 Å². The molecule has 0 aliphatic carbocycles. The number of hydrogen-bond acceptors (Lipinski definition) is 2. The van der Waals surface area contributed by atoms with Crippen LogP contribution in [0.4, 0.5) is 0 Å². The van der Waals surface area contributed by atoms with Gasteiger partial charge in [-0.3, -0.25) is 9.88 Å². The molecule has 0 saturated carbocycles. The lowest BCUT2D eigenvalue weighted by Crippen LogP contribution is -2.24. The molecule has 0 N–H and O–H groups in total. The monoisotopic (exact) mass is 242 g/mol. The van der Waals surface area contributed by atoms with Crippen molar-refractivity contribution in [3.8, 4) is 0 Å². The van der Waals surface area contributed by atoms with E-state index in [1.807, 2.05) is 18.3 Å². The Morgan fingerprint density at radius 3 is 2.85 bits per heavy atom. The van der Waals surface area contributed by atoms with E-state index in [-0.39, 0.29) is 0 Å². The van der Waals surface area contributed by atoms with Crippen molar-refractivity contribution in [3.05, 3.63) is 30.1 Å². The van der Waals surface area contributed by atoms with Crippen LogP contribution in [0.1, 0.15) is 12.6 Å². The van der Waals surface area contributed by atoms with Gasteiger partial charge in [0, 0.05) is 24.1 Å². The maximum atomic E-state index is 4.27. The van der Waals surface area contributed by atoms with E-state index < -0.39 is 0 Å². The van der Waals surface area contributed by atoms with Gasteiger partial charge in [0.2, 0.25) is 0 Å². The first-order valence-electron chi connectivity index (χ1n) is 4.41. The third-order valence-electron chi connectivity index (χ3n) is 1.72. The highest BCUT2D eigenvalue weighted by Crippen LogP contribution is 2.03. The topological polar surface area (TPSA) is 16.1 Å². The van der Waals surface area contributed by atoms with E-state index in [4.69, 9.17) is 0 Å². The summed E-state index contributed by atoms with van der Waals surface area (Å²) in [4.78, 5) is 7.05. The van der Waals surface area contributed by atoms with Crippen molar-refractivity contribution in [1.29, 1.82) is 0 Å². The fraction of sp³-hybridized carbons (Fsp3) is 0.500. The van der Waals surface area contributed by atoms with Crippen molar-refractivity contribution in [3.63, 3.8) is 0 Å². The highest BCUT2D eigenvalue weighted by molar-refractivity contribution is 9.09. The van der Waals surface area contributed by atoms with Crippen molar-refractivity contribution in [2.75, 3.05) is 13.6 Å². The molecule has 1 rings (SSSR count). The first-order valence-corrected chi connectivity index (χ1v) is 5.32. The maximum absolute atomic E-state index is 4.27. The van der Waals surface area contributed by atoms with Gasteiger partial charge in [-0.2, -0.15) is 0 Å². The molecule has 0 aliphatic heterocycles. The molecule has 2 nitrogen and oxygen atoms in total. The van der Waals surface area contributed by atoms with Crippen molar-refractivity contribution in [2.24, 2.45) is 0 Å². The molecule has 1 aromatic heterocycles. The van der Waals surface area contributed by atoms with Crippen LogP contribution in [0.3, 0.4) is 0 Å². The molecule has 72 valence electrons. The van der Waals surface area contributed by atoms with Gasteiger partial charge >= 0.3 is 0 Å². The highest BCUT2D eigenvalue weighted by atomic mass is 79.9. The molecule has 1 unspecified atom stereocenters. The van der Waals surface area contributed by atoms with E-state index in [1.54, 1.807) is 0 Å². The Kier molecular flexibility index (Phi) is 4.39. The Bertz CT molecular complexity index is 236. The molecule has 0 radical (unpaired) electrons. The summed E-state index contributed by atoms with van der Waals surface area (Å²) in [6.45, 7) is 4.10. The van der Waals surface area contributed by atoms with E-state index in [2.05, 4.69) is 45.9 Å². The summed E-state index contributed by atoms with van der Waals surface area (Å²) in [6.07, 6.45) is 1.83. The van der Waals surface area contributed by atoms with Crippen LogP contribution >= 0.6 is 15.9 Å². The molecule has 1 heterocycles. The average Bonchev–Trinajstić information content (AvgIpc) is 2.04. The van der Waals surface area contributed by atoms with Gasteiger partial charge in [-0.15, -0.1) is 0 Å². The van der Waals surface area contributed by atoms with Gasteiger partial charge in [0.1, 0.15) is 0 Å². The average molecular weight is 243 g/mol. The zero-order chi connectivity index (χ0) is 9.68. The Hall–Kier alpha value is -0.410. The summed E-state index contributed by atoms with van der Waals surface area (Å²) < 4.78 is 0. The minimum atomic E-state index is 0.529. The zero-order valence-electron chi connectivity index (χ0n) is 8.07. The molecule has 0 aromatic carbocycles. The SMILES string of the molecule is CC(Br)CN(C)Cc1ccccn1. The van der Waals surface area contributed by atoms with Gasteiger partial charge in [-0.1, -0.05) is 28.9 Å². The number of rotatable bonds is 4.